The van der Waals surface area contributed by atoms with Crippen molar-refractivity contribution in [1.29, 1.82) is 0 Å². The first kappa shape index (κ1) is 15.5. The molecule has 114 valence electrons. The molecule has 2 aromatic rings. The van der Waals surface area contributed by atoms with Gasteiger partial charge in [0, 0.05) is 7.05 Å². The van der Waals surface area contributed by atoms with E-state index in [1.807, 2.05) is 26.0 Å². The Kier molecular flexibility index (Phi) is 4.04. The summed E-state index contributed by atoms with van der Waals surface area (Å²) in [5.41, 5.74) is 1.43. The molecule has 1 aromatic carbocycles. The molecule has 7 heteroatoms. The normalized spacial score (nSPS) is 11.9. The van der Waals surface area contributed by atoms with E-state index in [-0.39, 0.29) is 11.6 Å². The van der Waals surface area contributed by atoms with E-state index in [0.717, 1.165) is 10.2 Å². The van der Waals surface area contributed by atoms with Crippen LogP contribution in [0.15, 0.2) is 29.2 Å². The third kappa shape index (κ3) is 2.92. The Hall–Kier alpha value is -1.89. The fourth-order valence-electron chi connectivity index (χ4n) is 2.21. The van der Waals surface area contributed by atoms with Crippen LogP contribution in [0.2, 0.25) is 0 Å². The number of aryl methyl sites for hydroxylation is 2. The van der Waals surface area contributed by atoms with Gasteiger partial charge in [-0.1, -0.05) is 32.0 Å². The lowest BCUT2D eigenvalue weighted by Gasteiger charge is -2.14. The molecule has 1 aromatic heterocycles. The first-order valence-corrected chi connectivity index (χ1v) is 8.03. The molecular formula is C14H18FN3O2S. The smallest absolute Gasteiger partial charge is 0.268 e. The minimum Gasteiger partial charge on any atom is -0.279 e. The highest BCUT2D eigenvalue weighted by Crippen LogP contribution is 2.27. The van der Waals surface area contributed by atoms with Gasteiger partial charge in [-0.05, 0) is 24.5 Å². The molecular weight excluding hydrogens is 293 g/mol. The molecule has 0 aliphatic heterocycles. The predicted octanol–water partition coefficient (Wildman–Crippen LogP) is 2.79. The van der Waals surface area contributed by atoms with Crippen LogP contribution in [-0.2, 0) is 17.1 Å². The number of hydrogen-bond acceptors (Lipinski definition) is 3. The quantitative estimate of drug-likeness (QED) is 0.944. The number of nitrogens with zero attached hydrogens (tertiary/aromatic N) is 2. The number of para-hydroxylation sites is 1. The van der Waals surface area contributed by atoms with Gasteiger partial charge in [-0.2, -0.15) is 9.49 Å². The molecule has 21 heavy (non-hydrogen) atoms. The summed E-state index contributed by atoms with van der Waals surface area (Å²) in [6, 6.07) is 7.07. The van der Waals surface area contributed by atoms with Crippen LogP contribution < -0.4 is 4.72 Å². The molecule has 0 spiro atoms. The number of benzene rings is 1. The van der Waals surface area contributed by atoms with E-state index in [0.29, 0.717) is 5.69 Å². The molecule has 0 aliphatic carbocycles. The molecule has 0 aliphatic rings. The average Bonchev–Trinajstić information content (AvgIpc) is 2.63. The average molecular weight is 311 g/mol. The lowest BCUT2D eigenvalue weighted by atomic mass is 10.0. The van der Waals surface area contributed by atoms with E-state index in [1.54, 1.807) is 12.1 Å². The molecule has 1 N–H and O–H groups in total. The monoisotopic (exact) mass is 311 g/mol. The predicted molar refractivity (Wildman–Crippen MR) is 79.2 cm³/mol. The summed E-state index contributed by atoms with van der Waals surface area (Å²) < 4.78 is 42.2. The van der Waals surface area contributed by atoms with Crippen LogP contribution in [0.25, 0.3) is 0 Å². The van der Waals surface area contributed by atoms with E-state index in [9.17, 15) is 12.8 Å². The van der Waals surface area contributed by atoms with Crippen molar-refractivity contribution < 1.29 is 12.8 Å². The van der Waals surface area contributed by atoms with Crippen molar-refractivity contribution in [2.45, 2.75) is 31.6 Å². The Morgan fingerprint density at radius 1 is 1.29 bits per heavy atom. The van der Waals surface area contributed by atoms with Crippen molar-refractivity contribution in [2.24, 2.45) is 7.05 Å². The van der Waals surface area contributed by atoms with Crippen LogP contribution in [0.5, 0.6) is 0 Å². The highest BCUT2D eigenvalue weighted by molar-refractivity contribution is 7.92. The molecule has 0 bridgehead atoms. The number of sulfonamides is 1. The molecule has 5 nitrogen and oxygen atoms in total. The molecule has 0 amide bonds. The zero-order valence-corrected chi connectivity index (χ0v) is 13.2. The van der Waals surface area contributed by atoms with Crippen molar-refractivity contribution in [3.05, 3.63) is 41.5 Å². The van der Waals surface area contributed by atoms with Crippen molar-refractivity contribution >= 4 is 15.7 Å². The summed E-state index contributed by atoms with van der Waals surface area (Å²) in [6.07, 6.45) is 0. The third-order valence-electron chi connectivity index (χ3n) is 3.20. The number of anilines is 1. The van der Waals surface area contributed by atoms with Crippen LogP contribution in [0.4, 0.5) is 10.1 Å². The Labute approximate surface area is 123 Å². The second-order valence-electron chi connectivity index (χ2n) is 5.18. The first-order valence-electron chi connectivity index (χ1n) is 6.55. The van der Waals surface area contributed by atoms with Crippen molar-refractivity contribution in [2.75, 3.05) is 4.72 Å². The zero-order chi connectivity index (χ0) is 15.8. The molecule has 0 saturated heterocycles. The van der Waals surface area contributed by atoms with Crippen molar-refractivity contribution in [3.8, 4) is 0 Å². The molecule has 0 unspecified atom stereocenters. The lowest BCUT2D eigenvalue weighted by Crippen LogP contribution is -2.16. The molecule has 0 fully saturated rings. The van der Waals surface area contributed by atoms with Gasteiger partial charge in [0.25, 0.3) is 10.0 Å². The molecule has 1 heterocycles. The van der Waals surface area contributed by atoms with Crippen LogP contribution in [0.1, 0.15) is 31.0 Å². The van der Waals surface area contributed by atoms with Gasteiger partial charge in [0.05, 0.1) is 11.4 Å². The lowest BCUT2D eigenvalue weighted by molar-refractivity contribution is 0.483. The van der Waals surface area contributed by atoms with Gasteiger partial charge in [0.2, 0.25) is 5.95 Å². The Morgan fingerprint density at radius 3 is 2.43 bits per heavy atom. The summed E-state index contributed by atoms with van der Waals surface area (Å²) in [5, 5.41) is 3.80. The molecule has 2 rings (SSSR count). The van der Waals surface area contributed by atoms with Gasteiger partial charge in [0.1, 0.15) is 0 Å². The SMILES string of the molecule is Cc1nn(C)c(F)c1S(=O)(=O)Nc1ccccc1C(C)C. The highest BCUT2D eigenvalue weighted by atomic mass is 32.2. The largest absolute Gasteiger partial charge is 0.279 e. The maximum Gasteiger partial charge on any atom is 0.268 e. The summed E-state index contributed by atoms with van der Waals surface area (Å²) >= 11 is 0. The third-order valence-corrected chi connectivity index (χ3v) is 4.69. The summed E-state index contributed by atoms with van der Waals surface area (Å²) in [5.74, 6) is -0.731. The van der Waals surface area contributed by atoms with E-state index < -0.39 is 20.9 Å². The number of nitrogens with one attached hydrogen (secondary N) is 1. The van der Waals surface area contributed by atoms with E-state index >= 15 is 0 Å². The maximum absolute atomic E-state index is 14.0. The van der Waals surface area contributed by atoms with Crippen LogP contribution in [-0.4, -0.2) is 18.2 Å². The molecule has 0 saturated carbocycles. The molecule has 0 radical (unpaired) electrons. The minimum atomic E-state index is -4.02. The Bertz CT molecular complexity index is 767. The zero-order valence-electron chi connectivity index (χ0n) is 12.4. The second kappa shape index (κ2) is 5.48. The van der Waals surface area contributed by atoms with E-state index in [4.69, 9.17) is 0 Å². The number of halogens is 1. The van der Waals surface area contributed by atoms with E-state index in [1.165, 1.54) is 14.0 Å². The summed E-state index contributed by atoms with van der Waals surface area (Å²) in [7, 11) is -2.65. The van der Waals surface area contributed by atoms with Crippen molar-refractivity contribution in [1.82, 2.24) is 9.78 Å². The number of aromatic nitrogens is 2. The maximum atomic E-state index is 14.0. The summed E-state index contributed by atoms with van der Waals surface area (Å²) in [6.45, 7) is 5.39. The first-order chi connectivity index (χ1) is 9.74. The van der Waals surface area contributed by atoms with Gasteiger partial charge in [0.15, 0.2) is 4.90 Å². The van der Waals surface area contributed by atoms with Crippen LogP contribution >= 0.6 is 0 Å². The summed E-state index contributed by atoms with van der Waals surface area (Å²) in [4.78, 5) is -0.413. The van der Waals surface area contributed by atoms with Gasteiger partial charge >= 0.3 is 0 Å². The van der Waals surface area contributed by atoms with Gasteiger partial charge in [-0.15, -0.1) is 0 Å². The highest BCUT2D eigenvalue weighted by Gasteiger charge is 2.27. The molecule has 0 atom stereocenters. The topological polar surface area (TPSA) is 64.0 Å². The van der Waals surface area contributed by atoms with E-state index in [2.05, 4.69) is 9.82 Å². The number of hydrogen-bond donors (Lipinski definition) is 1. The van der Waals surface area contributed by atoms with Crippen LogP contribution in [0, 0.1) is 12.9 Å². The minimum absolute atomic E-state index is 0.129. The number of rotatable bonds is 4. The Balaban J connectivity index is 2.48. The van der Waals surface area contributed by atoms with Crippen molar-refractivity contribution in [3.63, 3.8) is 0 Å². The van der Waals surface area contributed by atoms with Gasteiger partial charge < -0.3 is 0 Å². The van der Waals surface area contributed by atoms with Gasteiger partial charge in [-0.3, -0.25) is 4.72 Å². The standard InChI is InChI=1S/C14H18FN3O2S/c1-9(2)11-7-5-6-8-12(11)17-21(19,20)13-10(3)16-18(4)14(13)15/h5-9,17H,1-4H3. The second-order valence-corrected chi connectivity index (χ2v) is 6.80. The fraction of sp³-hybridized carbons (Fsp3) is 0.357. The Morgan fingerprint density at radius 2 is 1.90 bits per heavy atom. The van der Waals surface area contributed by atoms with Crippen LogP contribution in [0.3, 0.4) is 0 Å². The fourth-order valence-corrected chi connectivity index (χ4v) is 3.57. The van der Waals surface area contributed by atoms with Gasteiger partial charge in [-0.25, -0.2) is 13.1 Å².